The Morgan fingerprint density at radius 3 is 2.29 bits per heavy atom. The molecule has 7 nitrogen and oxygen atoms in total. The van der Waals surface area contributed by atoms with Gasteiger partial charge in [-0.1, -0.05) is 26.0 Å². The Bertz CT molecular complexity index is 927. The van der Waals surface area contributed by atoms with Gasteiger partial charge in [-0.25, -0.2) is 0 Å². The van der Waals surface area contributed by atoms with Gasteiger partial charge in [0.15, 0.2) is 11.7 Å². The van der Waals surface area contributed by atoms with E-state index in [0.717, 1.165) is 11.1 Å². The van der Waals surface area contributed by atoms with Gasteiger partial charge in [0, 0.05) is 5.56 Å². The summed E-state index contributed by atoms with van der Waals surface area (Å²) in [5.41, 5.74) is 7.40. The second kappa shape index (κ2) is 11.3. The maximum atomic E-state index is 12.3. The van der Waals surface area contributed by atoms with E-state index in [0.29, 0.717) is 17.1 Å². The molecule has 0 radical (unpaired) electrons. The number of rotatable bonds is 7. The second-order valence-electron chi connectivity index (χ2n) is 7.63. The highest BCUT2D eigenvalue weighted by Crippen LogP contribution is 2.27. The molecule has 2 rings (SSSR count). The molecule has 0 bridgehead atoms. The molecule has 31 heavy (non-hydrogen) atoms. The number of carbonyl (C=O) groups is 2. The van der Waals surface area contributed by atoms with Crippen molar-refractivity contribution < 1.29 is 19.1 Å². The molecule has 0 aliphatic heterocycles. The molecule has 0 atom stereocenters. The van der Waals surface area contributed by atoms with Crippen LogP contribution < -0.4 is 25.6 Å². The van der Waals surface area contributed by atoms with Gasteiger partial charge < -0.3 is 9.47 Å². The van der Waals surface area contributed by atoms with Crippen LogP contribution in [0.2, 0.25) is 0 Å². The molecule has 8 heteroatoms. The topological polar surface area (TPSA) is 88.7 Å². The fourth-order valence-corrected chi connectivity index (χ4v) is 2.86. The number of carbonyl (C=O) groups excluding carboxylic acids is 2. The molecule has 0 heterocycles. The van der Waals surface area contributed by atoms with Crippen LogP contribution in [0.5, 0.6) is 11.5 Å². The summed E-state index contributed by atoms with van der Waals surface area (Å²) in [6, 6.07) is 12.6. The predicted molar refractivity (Wildman–Crippen MR) is 124 cm³/mol. The highest BCUT2D eigenvalue weighted by atomic mass is 32.1. The lowest BCUT2D eigenvalue weighted by Crippen LogP contribution is -2.49. The maximum Gasteiger partial charge on any atom is 0.276 e. The molecule has 0 aromatic heterocycles. The minimum absolute atomic E-state index is 0.0284. The van der Waals surface area contributed by atoms with Crippen molar-refractivity contribution >= 4 is 29.1 Å². The van der Waals surface area contributed by atoms with Gasteiger partial charge in [0.2, 0.25) is 0 Å². The van der Waals surface area contributed by atoms with Crippen molar-refractivity contribution in [2.75, 3.05) is 6.61 Å². The third-order valence-electron chi connectivity index (χ3n) is 4.18. The first-order chi connectivity index (χ1) is 14.7. The summed E-state index contributed by atoms with van der Waals surface area (Å²) in [6.45, 7) is 9.74. The van der Waals surface area contributed by atoms with Gasteiger partial charge in [-0.15, -0.1) is 0 Å². The second-order valence-corrected chi connectivity index (χ2v) is 8.04. The average molecular weight is 444 g/mol. The highest BCUT2D eigenvalue weighted by molar-refractivity contribution is 7.80. The zero-order valence-electron chi connectivity index (χ0n) is 18.4. The van der Waals surface area contributed by atoms with Crippen LogP contribution in [0.4, 0.5) is 0 Å². The Kier molecular flexibility index (Phi) is 8.81. The van der Waals surface area contributed by atoms with Crippen LogP contribution in [0.1, 0.15) is 55.1 Å². The Morgan fingerprint density at radius 1 is 1.00 bits per heavy atom. The normalized spacial score (nSPS) is 10.5. The first-order valence-corrected chi connectivity index (χ1v) is 10.5. The first kappa shape index (κ1) is 24.1. The summed E-state index contributed by atoms with van der Waals surface area (Å²) in [4.78, 5) is 24.3. The van der Waals surface area contributed by atoms with Crippen LogP contribution in [0.15, 0.2) is 42.5 Å². The number of benzene rings is 2. The summed E-state index contributed by atoms with van der Waals surface area (Å²) in [5.74, 6) is 0.786. The number of nitrogens with one attached hydrogen (secondary N) is 3. The van der Waals surface area contributed by atoms with E-state index in [9.17, 15) is 9.59 Å². The Morgan fingerprint density at radius 2 is 1.68 bits per heavy atom. The Hall–Kier alpha value is -3.13. The van der Waals surface area contributed by atoms with E-state index in [1.54, 1.807) is 24.3 Å². The molecule has 0 aliphatic carbocycles. The standard InChI is InChI=1S/C23H29N3O4S/c1-14(2)19-11-6-16(5)12-20(19)29-13-21(27)25-26-23(31)24-22(28)17-7-9-18(10-8-17)30-15(3)4/h6-12,14-15H,13H2,1-5H3,(H,25,27)(H2,24,26,28,31). The predicted octanol–water partition coefficient (Wildman–Crippen LogP) is 3.62. The van der Waals surface area contributed by atoms with Crippen LogP contribution in [0, 0.1) is 6.92 Å². The lowest BCUT2D eigenvalue weighted by Gasteiger charge is -2.15. The number of ether oxygens (including phenoxy) is 2. The number of hydrogen-bond acceptors (Lipinski definition) is 5. The summed E-state index contributed by atoms with van der Waals surface area (Å²) >= 11 is 5.06. The van der Waals surface area contributed by atoms with Crippen molar-refractivity contribution in [1.82, 2.24) is 16.2 Å². The number of hydrogen-bond donors (Lipinski definition) is 3. The van der Waals surface area contributed by atoms with E-state index in [-0.39, 0.29) is 23.7 Å². The molecule has 0 fully saturated rings. The zero-order valence-corrected chi connectivity index (χ0v) is 19.3. The van der Waals surface area contributed by atoms with Gasteiger partial charge in [0.05, 0.1) is 6.10 Å². The minimum Gasteiger partial charge on any atom is -0.491 e. The van der Waals surface area contributed by atoms with E-state index >= 15 is 0 Å². The number of thiocarbonyl (C=S) groups is 1. The van der Waals surface area contributed by atoms with E-state index in [4.69, 9.17) is 21.7 Å². The summed E-state index contributed by atoms with van der Waals surface area (Å²) < 4.78 is 11.2. The quantitative estimate of drug-likeness (QED) is 0.447. The fourth-order valence-electron chi connectivity index (χ4n) is 2.71. The molecule has 3 N–H and O–H groups in total. The third kappa shape index (κ3) is 7.90. The number of aryl methyl sites for hydroxylation is 1. The summed E-state index contributed by atoms with van der Waals surface area (Å²) in [5, 5.41) is 2.47. The minimum atomic E-state index is -0.428. The van der Waals surface area contributed by atoms with Gasteiger partial charge in [-0.2, -0.15) is 0 Å². The van der Waals surface area contributed by atoms with Crippen LogP contribution >= 0.6 is 12.2 Å². The maximum absolute atomic E-state index is 12.3. The molecule has 2 aromatic carbocycles. The van der Waals surface area contributed by atoms with Crippen molar-refractivity contribution in [3.05, 3.63) is 59.2 Å². The lowest BCUT2D eigenvalue weighted by atomic mass is 10.0. The van der Waals surface area contributed by atoms with Crippen LogP contribution in [0.3, 0.4) is 0 Å². The molecule has 0 aliphatic rings. The summed E-state index contributed by atoms with van der Waals surface area (Å²) in [6.07, 6.45) is 0.0481. The van der Waals surface area contributed by atoms with Crippen molar-refractivity contribution in [3.8, 4) is 11.5 Å². The van der Waals surface area contributed by atoms with Crippen LogP contribution in [-0.4, -0.2) is 29.6 Å². The monoisotopic (exact) mass is 443 g/mol. The molecule has 2 amide bonds. The Labute approximate surface area is 188 Å². The van der Waals surface area contributed by atoms with Gasteiger partial charge in [0.1, 0.15) is 11.5 Å². The Balaban J connectivity index is 1.80. The molecule has 166 valence electrons. The molecule has 0 spiro atoms. The van der Waals surface area contributed by atoms with E-state index < -0.39 is 11.8 Å². The molecule has 2 aromatic rings. The SMILES string of the molecule is Cc1ccc(C(C)C)c(OCC(=O)NNC(=S)NC(=O)c2ccc(OC(C)C)cc2)c1. The van der Waals surface area contributed by atoms with Crippen molar-refractivity contribution in [1.29, 1.82) is 0 Å². The van der Waals surface area contributed by atoms with Crippen molar-refractivity contribution in [3.63, 3.8) is 0 Å². The molecule has 0 saturated carbocycles. The van der Waals surface area contributed by atoms with Crippen molar-refractivity contribution in [2.45, 2.75) is 46.6 Å². The zero-order chi connectivity index (χ0) is 23.0. The lowest BCUT2D eigenvalue weighted by molar-refractivity contribution is -0.123. The van der Waals surface area contributed by atoms with Crippen LogP contribution in [-0.2, 0) is 4.79 Å². The molecule has 0 unspecified atom stereocenters. The molecular weight excluding hydrogens is 414 g/mol. The number of amides is 2. The van der Waals surface area contributed by atoms with Crippen LogP contribution in [0.25, 0.3) is 0 Å². The summed E-state index contributed by atoms with van der Waals surface area (Å²) in [7, 11) is 0. The van der Waals surface area contributed by atoms with E-state index in [1.807, 2.05) is 39.0 Å². The van der Waals surface area contributed by atoms with E-state index in [1.165, 1.54) is 0 Å². The number of hydrazine groups is 1. The molecular formula is C23H29N3O4S. The largest absolute Gasteiger partial charge is 0.491 e. The van der Waals surface area contributed by atoms with Gasteiger partial charge >= 0.3 is 0 Å². The highest BCUT2D eigenvalue weighted by Gasteiger charge is 2.12. The average Bonchev–Trinajstić information content (AvgIpc) is 2.70. The van der Waals surface area contributed by atoms with Gasteiger partial charge in [0.25, 0.3) is 11.8 Å². The third-order valence-corrected chi connectivity index (χ3v) is 4.38. The fraction of sp³-hybridized carbons (Fsp3) is 0.348. The van der Waals surface area contributed by atoms with E-state index in [2.05, 4.69) is 30.0 Å². The first-order valence-electron chi connectivity index (χ1n) is 10.1. The van der Waals surface area contributed by atoms with Gasteiger partial charge in [-0.05, 0) is 80.4 Å². The van der Waals surface area contributed by atoms with Gasteiger partial charge in [-0.3, -0.25) is 25.8 Å². The molecule has 0 saturated heterocycles. The van der Waals surface area contributed by atoms with Crippen molar-refractivity contribution in [2.24, 2.45) is 0 Å². The smallest absolute Gasteiger partial charge is 0.276 e.